The average molecular weight is 369 g/mol. The monoisotopic (exact) mass is 369 g/mol. The Bertz CT molecular complexity index is 799. The smallest absolute Gasteiger partial charge is 0.412 e. The Morgan fingerprint density at radius 2 is 1.89 bits per heavy atom. The summed E-state index contributed by atoms with van der Waals surface area (Å²) in [5, 5.41) is 6.80. The molecular weight excluding hydrogens is 342 g/mol. The van der Waals surface area contributed by atoms with E-state index in [2.05, 4.69) is 10.5 Å². The molecule has 144 valence electrons. The Balaban J connectivity index is 2.08. The maximum atomic E-state index is 12.3. The van der Waals surface area contributed by atoms with Crippen molar-refractivity contribution in [3.8, 4) is 0 Å². The van der Waals surface area contributed by atoms with Gasteiger partial charge in [0.15, 0.2) is 0 Å². The molecule has 2 aromatic rings. The molecule has 6 nitrogen and oxygen atoms in total. The van der Waals surface area contributed by atoms with E-state index >= 15 is 0 Å². The first-order chi connectivity index (χ1) is 12.8. The highest BCUT2D eigenvalue weighted by molar-refractivity contribution is 5.98. The van der Waals surface area contributed by atoms with Gasteiger partial charge in [-0.15, -0.1) is 0 Å². The van der Waals surface area contributed by atoms with Crippen molar-refractivity contribution in [3.63, 3.8) is 0 Å². The number of carbonyl (C=O) groups is 1. The molecule has 0 bridgehead atoms. The number of nitrogens with two attached hydrogens (primary N) is 1. The molecule has 0 aliphatic heterocycles. The van der Waals surface area contributed by atoms with E-state index in [1.165, 1.54) is 0 Å². The van der Waals surface area contributed by atoms with Crippen molar-refractivity contribution in [3.05, 3.63) is 65.2 Å². The molecule has 0 saturated carbocycles. The van der Waals surface area contributed by atoms with Crippen LogP contribution >= 0.6 is 0 Å². The molecule has 3 N–H and O–H groups in total. The van der Waals surface area contributed by atoms with Gasteiger partial charge in [-0.3, -0.25) is 5.32 Å². The zero-order valence-electron chi connectivity index (χ0n) is 16.3. The molecule has 2 aromatic carbocycles. The van der Waals surface area contributed by atoms with Crippen LogP contribution in [0.25, 0.3) is 0 Å². The van der Waals surface area contributed by atoms with Gasteiger partial charge in [-0.2, -0.15) is 0 Å². The van der Waals surface area contributed by atoms with E-state index in [0.717, 1.165) is 22.4 Å². The Kier molecular flexibility index (Phi) is 6.96. The summed E-state index contributed by atoms with van der Waals surface area (Å²) in [5.74, 6) is 0. The van der Waals surface area contributed by atoms with Crippen molar-refractivity contribution < 1.29 is 14.4 Å². The number of aryl methyl sites for hydroxylation is 1. The van der Waals surface area contributed by atoms with Crippen molar-refractivity contribution in [2.24, 2.45) is 10.9 Å². The molecule has 0 fully saturated rings. The first-order valence-corrected chi connectivity index (χ1v) is 8.86. The molecule has 0 radical (unpaired) electrons. The third-order valence-electron chi connectivity index (χ3n) is 4.03. The molecule has 0 atom stereocenters. The largest absolute Gasteiger partial charge is 0.438 e. The predicted molar refractivity (Wildman–Crippen MR) is 108 cm³/mol. The van der Waals surface area contributed by atoms with Crippen LogP contribution in [0.4, 0.5) is 10.5 Å². The molecule has 1 amide bonds. The Labute approximate surface area is 160 Å². The third kappa shape index (κ3) is 6.11. The fourth-order valence-corrected chi connectivity index (χ4v) is 2.44. The highest BCUT2D eigenvalue weighted by Crippen LogP contribution is 2.26. The summed E-state index contributed by atoms with van der Waals surface area (Å²) in [6, 6.07) is 15.2. The number of ether oxygens (including phenoxy) is 1. The molecular formula is C21H27N3O3. The lowest BCUT2D eigenvalue weighted by Gasteiger charge is -2.26. The van der Waals surface area contributed by atoms with Gasteiger partial charge >= 0.3 is 6.09 Å². The van der Waals surface area contributed by atoms with E-state index < -0.39 is 11.7 Å². The number of nitrogens with one attached hydrogen (secondary N) is 1. The van der Waals surface area contributed by atoms with Gasteiger partial charge in [-0.1, -0.05) is 41.1 Å². The molecule has 0 unspecified atom stereocenters. The minimum absolute atomic E-state index is 0.366. The van der Waals surface area contributed by atoms with Crippen LogP contribution in [0.2, 0.25) is 0 Å². The molecule has 6 heteroatoms. The van der Waals surface area contributed by atoms with Gasteiger partial charge in [0.1, 0.15) is 12.2 Å². The van der Waals surface area contributed by atoms with Gasteiger partial charge in [0.2, 0.25) is 0 Å². The second-order valence-corrected chi connectivity index (χ2v) is 6.77. The molecule has 0 aliphatic rings. The minimum Gasteiger partial charge on any atom is -0.438 e. The van der Waals surface area contributed by atoms with Crippen molar-refractivity contribution in [2.75, 3.05) is 18.5 Å². The van der Waals surface area contributed by atoms with Gasteiger partial charge in [-0.25, -0.2) is 4.79 Å². The number of anilines is 1. The number of amides is 1. The van der Waals surface area contributed by atoms with Crippen molar-refractivity contribution in [1.29, 1.82) is 0 Å². The number of hydrogen-bond acceptors (Lipinski definition) is 5. The quantitative estimate of drug-likeness (QED) is 0.435. The number of nitrogens with zero attached hydrogens (tertiary/aromatic N) is 1. The third-order valence-corrected chi connectivity index (χ3v) is 4.03. The fourth-order valence-electron chi connectivity index (χ4n) is 2.44. The fraction of sp³-hybridized carbons (Fsp3) is 0.333. The minimum atomic E-state index is -0.816. The van der Waals surface area contributed by atoms with Gasteiger partial charge in [0.25, 0.3) is 0 Å². The zero-order valence-corrected chi connectivity index (χ0v) is 16.3. The molecule has 0 spiro atoms. The number of rotatable bonds is 7. The highest BCUT2D eigenvalue weighted by atomic mass is 16.6. The van der Waals surface area contributed by atoms with Crippen molar-refractivity contribution in [2.45, 2.75) is 33.3 Å². The number of carbonyl (C=O) groups excluding carboxylic acids is 1. The van der Waals surface area contributed by atoms with E-state index in [0.29, 0.717) is 18.8 Å². The summed E-state index contributed by atoms with van der Waals surface area (Å²) in [4.78, 5) is 17.4. The summed E-state index contributed by atoms with van der Waals surface area (Å²) < 4.78 is 5.65. The lowest BCUT2D eigenvalue weighted by Crippen LogP contribution is -2.28. The molecule has 0 aliphatic carbocycles. The van der Waals surface area contributed by atoms with Crippen LogP contribution in [0.1, 0.15) is 37.5 Å². The maximum Gasteiger partial charge on any atom is 0.412 e. The van der Waals surface area contributed by atoms with Crippen molar-refractivity contribution in [1.82, 2.24) is 0 Å². The summed E-state index contributed by atoms with van der Waals surface area (Å²) in [6.07, 6.45) is -0.508. The van der Waals surface area contributed by atoms with Crippen LogP contribution in [0.5, 0.6) is 0 Å². The van der Waals surface area contributed by atoms with Crippen LogP contribution in [-0.4, -0.2) is 25.0 Å². The van der Waals surface area contributed by atoms with Crippen molar-refractivity contribution >= 4 is 17.5 Å². The summed E-state index contributed by atoms with van der Waals surface area (Å²) in [6.45, 7) is 8.31. The molecule has 27 heavy (non-hydrogen) atoms. The topological polar surface area (TPSA) is 85.9 Å². The summed E-state index contributed by atoms with van der Waals surface area (Å²) in [5.41, 5.74) is 8.86. The second kappa shape index (κ2) is 9.19. The lowest BCUT2D eigenvalue weighted by atomic mass is 9.95. The Morgan fingerprint density at radius 3 is 2.56 bits per heavy atom. The van der Waals surface area contributed by atoms with Gasteiger partial charge in [-0.05, 0) is 57.0 Å². The van der Waals surface area contributed by atoms with Crippen LogP contribution in [0.3, 0.4) is 0 Å². The normalized spacial score (nSPS) is 11.8. The summed E-state index contributed by atoms with van der Waals surface area (Å²) >= 11 is 0. The molecule has 0 aromatic heterocycles. The van der Waals surface area contributed by atoms with Gasteiger partial charge < -0.3 is 15.3 Å². The van der Waals surface area contributed by atoms with Gasteiger partial charge in [0.05, 0.1) is 5.71 Å². The first-order valence-electron chi connectivity index (χ1n) is 8.86. The van der Waals surface area contributed by atoms with Crippen LogP contribution < -0.4 is 11.1 Å². The van der Waals surface area contributed by atoms with Crippen LogP contribution in [0, 0.1) is 6.92 Å². The first kappa shape index (κ1) is 20.5. The van der Waals surface area contributed by atoms with E-state index in [1.54, 1.807) is 0 Å². The number of oxime groups is 1. The van der Waals surface area contributed by atoms with E-state index in [4.69, 9.17) is 15.3 Å². The lowest BCUT2D eigenvalue weighted by molar-refractivity contribution is 0.0466. The predicted octanol–water partition coefficient (Wildman–Crippen LogP) is 4.18. The van der Waals surface area contributed by atoms with Gasteiger partial charge in [0, 0.05) is 12.2 Å². The SMILES string of the molecule is C/C(=N\OCCN)c1cccc(C(C)(C)OC(=O)Nc2ccc(C)cc2)c1. The number of benzene rings is 2. The van der Waals surface area contributed by atoms with E-state index in [9.17, 15) is 4.79 Å². The second-order valence-electron chi connectivity index (χ2n) is 6.77. The number of hydrogen-bond donors (Lipinski definition) is 2. The molecule has 2 rings (SSSR count). The van der Waals surface area contributed by atoms with E-state index in [1.807, 2.05) is 76.2 Å². The standard InChI is InChI=1S/C21H27N3O3/c1-15-8-10-19(11-9-15)23-20(25)27-21(3,4)18-7-5-6-17(14-18)16(2)24-26-13-12-22/h5-11,14H,12-13,22H2,1-4H3,(H,23,25)/b24-16+. The summed E-state index contributed by atoms with van der Waals surface area (Å²) in [7, 11) is 0. The highest BCUT2D eigenvalue weighted by Gasteiger charge is 2.26. The zero-order chi connectivity index (χ0) is 19.9. The molecule has 0 heterocycles. The Morgan fingerprint density at radius 1 is 1.19 bits per heavy atom. The van der Waals surface area contributed by atoms with Crippen LogP contribution in [-0.2, 0) is 15.2 Å². The average Bonchev–Trinajstić information content (AvgIpc) is 2.63. The Hall–Kier alpha value is -2.86. The van der Waals surface area contributed by atoms with Crippen LogP contribution in [0.15, 0.2) is 53.7 Å². The van der Waals surface area contributed by atoms with E-state index in [-0.39, 0.29) is 0 Å². The molecule has 0 saturated heterocycles. The maximum absolute atomic E-state index is 12.3.